The zero-order chi connectivity index (χ0) is 10.5. The summed E-state index contributed by atoms with van der Waals surface area (Å²) in [6, 6.07) is 0. The minimum Gasteiger partial charge on any atom is -0.354 e. The first-order valence-electron chi connectivity index (χ1n) is 3.98. The number of hydrogen-bond donors (Lipinski definition) is 1. The summed E-state index contributed by atoms with van der Waals surface area (Å²) >= 11 is 0. The molecule has 13 heavy (non-hydrogen) atoms. The van der Waals surface area contributed by atoms with E-state index in [0.29, 0.717) is 0 Å². The predicted molar refractivity (Wildman–Crippen MR) is 49.9 cm³/mol. The first-order valence-corrected chi connectivity index (χ1v) is 5.87. The van der Waals surface area contributed by atoms with E-state index in [2.05, 4.69) is 4.72 Å². The third kappa shape index (κ3) is 8.17. The van der Waals surface area contributed by atoms with Gasteiger partial charge >= 0.3 is 0 Å². The highest BCUT2D eigenvalue weighted by atomic mass is 32.2. The van der Waals surface area contributed by atoms with Gasteiger partial charge in [-0.2, -0.15) is 0 Å². The van der Waals surface area contributed by atoms with E-state index in [1.165, 1.54) is 7.11 Å². The molecular formula is C7H17NO4S. The van der Waals surface area contributed by atoms with Gasteiger partial charge in [-0.15, -0.1) is 0 Å². The zero-order valence-electron chi connectivity index (χ0n) is 8.40. The monoisotopic (exact) mass is 211 g/mol. The van der Waals surface area contributed by atoms with Gasteiger partial charge in [0, 0.05) is 7.11 Å². The van der Waals surface area contributed by atoms with Crippen LogP contribution in [0.4, 0.5) is 0 Å². The van der Waals surface area contributed by atoms with Gasteiger partial charge in [-0.05, 0) is 13.8 Å². The summed E-state index contributed by atoms with van der Waals surface area (Å²) in [6.07, 6.45) is 0.566. The van der Waals surface area contributed by atoms with E-state index >= 15 is 0 Å². The van der Waals surface area contributed by atoms with Gasteiger partial charge in [0.25, 0.3) is 0 Å². The fourth-order valence-corrected chi connectivity index (χ4v) is 1.15. The van der Waals surface area contributed by atoms with E-state index in [1.54, 1.807) is 0 Å². The Hall–Kier alpha value is -0.170. The van der Waals surface area contributed by atoms with E-state index in [9.17, 15) is 8.42 Å². The van der Waals surface area contributed by atoms with Gasteiger partial charge in [-0.25, -0.2) is 13.1 Å². The van der Waals surface area contributed by atoms with Crippen molar-refractivity contribution in [2.24, 2.45) is 0 Å². The number of rotatable bonds is 6. The highest BCUT2D eigenvalue weighted by Crippen LogP contribution is 1.97. The third-order valence-corrected chi connectivity index (χ3v) is 1.89. The first kappa shape index (κ1) is 12.8. The Morgan fingerprint density at radius 3 is 2.23 bits per heavy atom. The lowest BCUT2D eigenvalue weighted by atomic mass is 10.5. The average Bonchev–Trinajstić information content (AvgIpc) is 1.95. The fourth-order valence-electron chi connectivity index (χ4n) is 0.710. The lowest BCUT2D eigenvalue weighted by Crippen LogP contribution is -2.35. The van der Waals surface area contributed by atoms with Crippen LogP contribution in [-0.2, 0) is 19.5 Å². The van der Waals surface area contributed by atoms with Crippen LogP contribution >= 0.6 is 0 Å². The maximum Gasteiger partial charge on any atom is 0.208 e. The van der Waals surface area contributed by atoms with E-state index < -0.39 is 16.3 Å². The van der Waals surface area contributed by atoms with Gasteiger partial charge in [0.05, 0.1) is 18.9 Å². The second-order valence-electron chi connectivity index (χ2n) is 2.97. The molecule has 0 aromatic rings. The van der Waals surface area contributed by atoms with Crippen LogP contribution in [0.25, 0.3) is 0 Å². The van der Waals surface area contributed by atoms with Crippen LogP contribution in [0.5, 0.6) is 0 Å². The molecule has 6 heteroatoms. The largest absolute Gasteiger partial charge is 0.354 e. The highest BCUT2D eigenvalue weighted by Gasteiger charge is 2.11. The molecule has 1 N–H and O–H groups in total. The summed E-state index contributed by atoms with van der Waals surface area (Å²) in [5, 5.41) is 0. The van der Waals surface area contributed by atoms with Crippen molar-refractivity contribution < 1.29 is 17.9 Å². The summed E-state index contributed by atoms with van der Waals surface area (Å²) in [4.78, 5) is 0. The van der Waals surface area contributed by atoms with Crippen molar-refractivity contribution in [1.82, 2.24) is 4.72 Å². The Balaban J connectivity index is 3.86. The molecular weight excluding hydrogens is 194 g/mol. The van der Waals surface area contributed by atoms with Crippen molar-refractivity contribution in [2.45, 2.75) is 26.2 Å². The Labute approximate surface area is 79.5 Å². The molecule has 0 aliphatic heterocycles. The smallest absolute Gasteiger partial charge is 0.208 e. The Bertz CT molecular complexity index is 225. The second-order valence-corrected chi connectivity index (χ2v) is 4.80. The molecule has 0 heterocycles. The van der Waals surface area contributed by atoms with Gasteiger partial charge in [-0.3, -0.25) is 0 Å². The Morgan fingerprint density at radius 2 is 1.92 bits per heavy atom. The normalized spacial score (nSPS) is 14.8. The van der Waals surface area contributed by atoms with Crippen LogP contribution in [0.2, 0.25) is 0 Å². The maximum atomic E-state index is 10.7. The van der Waals surface area contributed by atoms with Crippen LogP contribution in [0, 0.1) is 0 Å². The molecule has 0 saturated carbocycles. The summed E-state index contributed by atoms with van der Waals surface area (Å²) in [5.74, 6) is 0. The molecule has 5 nitrogen and oxygen atoms in total. The molecule has 0 aliphatic rings. The Morgan fingerprint density at radius 1 is 1.38 bits per heavy atom. The second kappa shape index (κ2) is 5.54. The van der Waals surface area contributed by atoms with Crippen molar-refractivity contribution in [3.63, 3.8) is 0 Å². The minimum absolute atomic E-state index is 0.00584. The van der Waals surface area contributed by atoms with Gasteiger partial charge in [0.1, 0.15) is 0 Å². The van der Waals surface area contributed by atoms with Crippen molar-refractivity contribution in [1.29, 1.82) is 0 Å². The molecule has 0 unspecified atom stereocenters. The van der Waals surface area contributed by atoms with Crippen LogP contribution < -0.4 is 4.72 Å². The molecule has 0 saturated heterocycles. The van der Waals surface area contributed by atoms with E-state index in [1.807, 2.05) is 13.8 Å². The Kier molecular flexibility index (Phi) is 5.46. The number of methoxy groups -OCH3 is 1. The van der Waals surface area contributed by atoms with Crippen LogP contribution in [0.1, 0.15) is 13.8 Å². The molecule has 0 spiro atoms. The number of ether oxygens (including phenoxy) is 2. The van der Waals surface area contributed by atoms with Gasteiger partial charge in [0.2, 0.25) is 10.0 Å². The van der Waals surface area contributed by atoms with Crippen LogP contribution in [0.3, 0.4) is 0 Å². The standard InChI is InChI=1S/C7H17NO4S/c1-6(2)12-7(11-3)5-8-13(4,9)10/h6-8H,5H2,1-4H3/t7-/m0/s1. The van der Waals surface area contributed by atoms with E-state index in [-0.39, 0.29) is 12.6 Å². The van der Waals surface area contributed by atoms with E-state index in [0.717, 1.165) is 6.26 Å². The molecule has 0 aromatic heterocycles. The van der Waals surface area contributed by atoms with Crippen molar-refractivity contribution >= 4 is 10.0 Å². The molecule has 1 atom stereocenters. The SMILES string of the molecule is CO[C@H](CNS(C)(=O)=O)OC(C)C. The topological polar surface area (TPSA) is 64.6 Å². The lowest BCUT2D eigenvalue weighted by Gasteiger charge is -2.18. The molecule has 0 bridgehead atoms. The van der Waals surface area contributed by atoms with Crippen LogP contribution in [0.15, 0.2) is 0 Å². The average molecular weight is 211 g/mol. The molecule has 0 radical (unpaired) electrons. The number of nitrogens with one attached hydrogen (secondary N) is 1. The molecule has 0 amide bonds. The highest BCUT2D eigenvalue weighted by molar-refractivity contribution is 7.88. The molecule has 0 fully saturated rings. The quantitative estimate of drug-likeness (QED) is 0.625. The molecule has 0 aliphatic carbocycles. The molecule has 0 rings (SSSR count). The maximum absolute atomic E-state index is 10.7. The summed E-state index contributed by atoms with van der Waals surface area (Å²) < 4.78 is 33.9. The van der Waals surface area contributed by atoms with Gasteiger partial charge in [-0.1, -0.05) is 0 Å². The van der Waals surface area contributed by atoms with E-state index in [4.69, 9.17) is 9.47 Å². The third-order valence-electron chi connectivity index (χ3n) is 1.20. The van der Waals surface area contributed by atoms with Crippen molar-refractivity contribution in [3.05, 3.63) is 0 Å². The van der Waals surface area contributed by atoms with Crippen molar-refractivity contribution in [2.75, 3.05) is 19.9 Å². The summed E-state index contributed by atoms with van der Waals surface area (Å²) in [5.41, 5.74) is 0. The van der Waals surface area contributed by atoms with Gasteiger partial charge < -0.3 is 9.47 Å². The molecule has 0 aromatic carbocycles. The summed E-state index contributed by atoms with van der Waals surface area (Å²) in [7, 11) is -1.71. The molecule has 80 valence electrons. The number of sulfonamides is 1. The summed E-state index contributed by atoms with van der Waals surface area (Å²) in [6.45, 7) is 3.84. The lowest BCUT2D eigenvalue weighted by molar-refractivity contribution is -0.141. The van der Waals surface area contributed by atoms with Crippen LogP contribution in [-0.4, -0.2) is 40.7 Å². The van der Waals surface area contributed by atoms with Gasteiger partial charge in [0.15, 0.2) is 6.29 Å². The fraction of sp³-hybridized carbons (Fsp3) is 1.00. The zero-order valence-corrected chi connectivity index (χ0v) is 9.22. The minimum atomic E-state index is -3.18. The van der Waals surface area contributed by atoms with Crippen molar-refractivity contribution in [3.8, 4) is 0 Å². The predicted octanol–water partition coefficient (Wildman–Crippen LogP) is -0.0669. The number of hydrogen-bond acceptors (Lipinski definition) is 4. The first-order chi connectivity index (χ1) is 5.85.